The summed E-state index contributed by atoms with van der Waals surface area (Å²) >= 11 is 0. The second kappa shape index (κ2) is 6.50. The van der Waals surface area contributed by atoms with Crippen LogP contribution in [0.15, 0.2) is 66.9 Å². The molecule has 0 aliphatic heterocycles. The Morgan fingerprint density at radius 1 is 0.955 bits per heavy atom. The number of benzene rings is 2. The van der Waals surface area contributed by atoms with Gasteiger partial charge in [-0.3, -0.25) is 0 Å². The first-order valence-corrected chi connectivity index (χ1v) is 7.42. The van der Waals surface area contributed by atoms with Gasteiger partial charge in [0.25, 0.3) is 0 Å². The molecule has 2 aromatic carbocycles. The maximum atomic E-state index is 6.29. The largest absolute Gasteiger partial charge is 0.321 e. The molecule has 0 spiro atoms. The van der Waals surface area contributed by atoms with Gasteiger partial charge in [0.1, 0.15) is 5.82 Å². The maximum absolute atomic E-state index is 6.29. The Labute approximate surface area is 130 Å². The number of rotatable bonds is 4. The Balaban J connectivity index is 1.86. The molecular weight excluding hydrogens is 270 g/mol. The van der Waals surface area contributed by atoms with Gasteiger partial charge in [0.05, 0.1) is 11.7 Å². The Bertz CT molecular complexity index is 753. The van der Waals surface area contributed by atoms with Crippen molar-refractivity contribution in [3.63, 3.8) is 0 Å². The minimum atomic E-state index is -0.202. The molecule has 0 unspecified atom stereocenters. The Morgan fingerprint density at radius 3 is 2.45 bits per heavy atom. The van der Waals surface area contributed by atoms with E-state index < -0.39 is 0 Å². The summed E-state index contributed by atoms with van der Waals surface area (Å²) in [4.78, 5) is 9.02. The van der Waals surface area contributed by atoms with E-state index in [4.69, 9.17) is 5.73 Å². The third-order valence-corrected chi connectivity index (χ3v) is 3.73. The third-order valence-electron chi connectivity index (χ3n) is 3.73. The van der Waals surface area contributed by atoms with Crippen LogP contribution in [0.5, 0.6) is 0 Å². The average molecular weight is 289 g/mol. The van der Waals surface area contributed by atoms with Gasteiger partial charge in [-0.2, -0.15) is 0 Å². The SMILES string of the molecule is Cc1ccccc1-c1ccnc([C@@H](N)Cc2ccccc2)n1. The molecule has 0 aliphatic carbocycles. The zero-order valence-corrected chi connectivity index (χ0v) is 12.6. The summed E-state index contributed by atoms with van der Waals surface area (Å²) in [7, 11) is 0. The lowest BCUT2D eigenvalue weighted by atomic mass is 10.0. The van der Waals surface area contributed by atoms with Gasteiger partial charge in [-0.05, 0) is 30.5 Å². The summed E-state index contributed by atoms with van der Waals surface area (Å²) in [5.74, 6) is 0.685. The number of nitrogens with zero attached hydrogens (tertiary/aromatic N) is 2. The molecule has 0 fully saturated rings. The zero-order valence-electron chi connectivity index (χ0n) is 12.6. The van der Waals surface area contributed by atoms with Crippen LogP contribution in [0.25, 0.3) is 11.3 Å². The van der Waals surface area contributed by atoms with Crippen LogP contribution in [-0.2, 0) is 6.42 Å². The van der Waals surface area contributed by atoms with E-state index in [1.54, 1.807) is 6.20 Å². The monoisotopic (exact) mass is 289 g/mol. The predicted octanol–water partition coefficient (Wildman–Crippen LogP) is 3.69. The first-order chi connectivity index (χ1) is 10.7. The van der Waals surface area contributed by atoms with E-state index in [1.165, 1.54) is 11.1 Å². The van der Waals surface area contributed by atoms with Crippen molar-refractivity contribution in [1.82, 2.24) is 9.97 Å². The number of aryl methyl sites for hydroxylation is 1. The fraction of sp³-hybridized carbons (Fsp3) is 0.158. The van der Waals surface area contributed by atoms with Crippen LogP contribution < -0.4 is 5.73 Å². The highest BCUT2D eigenvalue weighted by Gasteiger charge is 2.12. The summed E-state index contributed by atoms with van der Waals surface area (Å²) < 4.78 is 0. The summed E-state index contributed by atoms with van der Waals surface area (Å²) in [5, 5.41) is 0. The molecule has 0 saturated heterocycles. The van der Waals surface area contributed by atoms with Crippen LogP contribution in [0.2, 0.25) is 0 Å². The van der Waals surface area contributed by atoms with Crippen molar-refractivity contribution >= 4 is 0 Å². The zero-order chi connectivity index (χ0) is 15.4. The van der Waals surface area contributed by atoms with Gasteiger partial charge in [0.2, 0.25) is 0 Å². The van der Waals surface area contributed by atoms with Crippen molar-refractivity contribution < 1.29 is 0 Å². The topological polar surface area (TPSA) is 51.8 Å². The van der Waals surface area contributed by atoms with E-state index in [9.17, 15) is 0 Å². The first-order valence-electron chi connectivity index (χ1n) is 7.42. The molecule has 0 saturated carbocycles. The molecule has 1 aromatic heterocycles. The molecule has 3 rings (SSSR count). The quantitative estimate of drug-likeness (QED) is 0.797. The lowest BCUT2D eigenvalue weighted by Gasteiger charge is -2.12. The first kappa shape index (κ1) is 14.4. The summed E-state index contributed by atoms with van der Waals surface area (Å²) in [6.07, 6.45) is 2.52. The smallest absolute Gasteiger partial charge is 0.145 e. The van der Waals surface area contributed by atoms with Crippen molar-refractivity contribution in [1.29, 1.82) is 0 Å². The Morgan fingerprint density at radius 2 is 1.68 bits per heavy atom. The van der Waals surface area contributed by atoms with Gasteiger partial charge in [0.15, 0.2) is 0 Å². The molecule has 2 N–H and O–H groups in total. The molecule has 22 heavy (non-hydrogen) atoms. The second-order valence-electron chi connectivity index (χ2n) is 5.41. The van der Waals surface area contributed by atoms with Gasteiger partial charge < -0.3 is 5.73 Å². The van der Waals surface area contributed by atoms with Gasteiger partial charge >= 0.3 is 0 Å². The molecule has 0 aliphatic rings. The normalized spacial score (nSPS) is 12.1. The second-order valence-corrected chi connectivity index (χ2v) is 5.41. The molecule has 110 valence electrons. The standard InChI is InChI=1S/C19H19N3/c1-14-7-5-6-10-16(14)18-11-12-21-19(22-18)17(20)13-15-8-3-2-4-9-15/h2-12,17H,13,20H2,1H3/t17-/m0/s1. The van der Waals surface area contributed by atoms with Gasteiger partial charge in [0, 0.05) is 11.8 Å². The number of nitrogens with two attached hydrogens (primary N) is 1. The summed E-state index contributed by atoms with van der Waals surface area (Å²) in [6.45, 7) is 2.08. The van der Waals surface area contributed by atoms with Crippen molar-refractivity contribution in [2.75, 3.05) is 0 Å². The van der Waals surface area contributed by atoms with Crippen molar-refractivity contribution in [2.24, 2.45) is 5.73 Å². The van der Waals surface area contributed by atoms with Crippen molar-refractivity contribution in [3.8, 4) is 11.3 Å². The molecule has 3 nitrogen and oxygen atoms in total. The number of hydrogen-bond donors (Lipinski definition) is 1. The highest BCUT2D eigenvalue weighted by Crippen LogP contribution is 2.22. The van der Waals surface area contributed by atoms with Crippen LogP contribution in [0, 0.1) is 6.92 Å². The molecule has 3 aromatic rings. The summed E-state index contributed by atoms with van der Waals surface area (Å²) in [6, 6.07) is 20.1. The molecule has 0 radical (unpaired) electrons. The van der Waals surface area contributed by atoms with E-state index in [0.29, 0.717) is 5.82 Å². The molecule has 1 heterocycles. The van der Waals surface area contributed by atoms with Crippen molar-refractivity contribution in [3.05, 3.63) is 83.8 Å². The number of hydrogen-bond acceptors (Lipinski definition) is 3. The fourth-order valence-corrected chi connectivity index (χ4v) is 2.52. The van der Waals surface area contributed by atoms with Crippen LogP contribution in [-0.4, -0.2) is 9.97 Å². The van der Waals surface area contributed by atoms with E-state index in [0.717, 1.165) is 17.7 Å². The summed E-state index contributed by atoms with van der Waals surface area (Å²) in [5.41, 5.74) is 10.7. The third kappa shape index (κ3) is 3.21. The average Bonchev–Trinajstić information content (AvgIpc) is 2.56. The molecular formula is C19H19N3. The number of aromatic nitrogens is 2. The van der Waals surface area contributed by atoms with Crippen molar-refractivity contribution in [2.45, 2.75) is 19.4 Å². The van der Waals surface area contributed by atoms with Gasteiger partial charge in [-0.25, -0.2) is 9.97 Å². The lowest BCUT2D eigenvalue weighted by Crippen LogP contribution is -2.17. The molecule has 0 amide bonds. The van der Waals surface area contributed by atoms with Crippen LogP contribution >= 0.6 is 0 Å². The maximum Gasteiger partial charge on any atom is 0.145 e. The fourth-order valence-electron chi connectivity index (χ4n) is 2.52. The molecule has 3 heteroatoms. The Kier molecular flexibility index (Phi) is 4.26. The molecule has 1 atom stereocenters. The highest BCUT2D eigenvalue weighted by atomic mass is 14.9. The van der Waals surface area contributed by atoms with E-state index in [-0.39, 0.29) is 6.04 Å². The highest BCUT2D eigenvalue weighted by molar-refractivity contribution is 5.62. The minimum absolute atomic E-state index is 0.202. The van der Waals surface area contributed by atoms with Crippen LogP contribution in [0.4, 0.5) is 0 Å². The minimum Gasteiger partial charge on any atom is -0.321 e. The van der Waals surface area contributed by atoms with E-state index in [2.05, 4.69) is 41.2 Å². The van der Waals surface area contributed by atoms with Gasteiger partial charge in [-0.1, -0.05) is 54.6 Å². The Hall–Kier alpha value is -2.52. The predicted molar refractivity (Wildman–Crippen MR) is 89.3 cm³/mol. The van der Waals surface area contributed by atoms with Crippen LogP contribution in [0.3, 0.4) is 0 Å². The van der Waals surface area contributed by atoms with Gasteiger partial charge in [-0.15, -0.1) is 0 Å². The van der Waals surface area contributed by atoms with E-state index in [1.807, 2.05) is 36.4 Å². The lowest BCUT2D eigenvalue weighted by molar-refractivity contribution is 0.668. The molecule has 0 bridgehead atoms. The van der Waals surface area contributed by atoms with E-state index >= 15 is 0 Å². The van der Waals surface area contributed by atoms with Crippen LogP contribution in [0.1, 0.15) is 23.0 Å².